The fourth-order valence-corrected chi connectivity index (χ4v) is 4.15. The molecular weight excluding hydrogens is 396 g/mol. The maximum Gasteiger partial charge on any atom is 0.213 e. The number of fused-ring (bicyclic) bond motifs is 3. The van der Waals surface area contributed by atoms with Gasteiger partial charge >= 0.3 is 0 Å². The first kappa shape index (κ1) is 19.0. The minimum absolute atomic E-state index is 0.140. The lowest BCUT2D eigenvalue weighted by atomic mass is 9.96. The van der Waals surface area contributed by atoms with Crippen molar-refractivity contribution in [2.24, 2.45) is 5.10 Å². The summed E-state index contributed by atoms with van der Waals surface area (Å²) in [6, 6.07) is 24.4. The van der Waals surface area contributed by atoms with E-state index in [0.29, 0.717) is 0 Å². The topological polar surface area (TPSA) is 34.1 Å². The van der Waals surface area contributed by atoms with E-state index < -0.39 is 0 Å². The van der Waals surface area contributed by atoms with Crippen LogP contribution in [0, 0.1) is 0 Å². The van der Waals surface area contributed by atoms with E-state index in [1.165, 1.54) is 5.56 Å². The van der Waals surface area contributed by atoms with E-state index in [1.54, 1.807) is 0 Å². The van der Waals surface area contributed by atoms with Gasteiger partial charge in [0, 0.05) is 22.6 Å². The van der Waals surface area contributed by atoms with Crippen molar-refractivity contribution in [1.29, 1.82) is 0 Å². The predicted octanol–water partition coefficient (Wildman–Crippen LogP) is 6.37. The van der Waals surface area contributed by atoms with Crippen LogP contribution in [0.15, 0.2) is 77.9 Å². The summed E-state index contributed by atoms with van der Waals surface area (Å²) in [5.41, 5.74) is 4.36. The van der Waals surface area contributed by atoms with Crippen molar-refractivity contribution >= 4 is 17.3 Å². The van der Waals surface area contributed by atoms with Crippen LogP contribution in [-0.2, 0) is 0 Å². The third-order valence-corrected chi connectivity index (χ3v) is 5.77. The number of hydrogen-bond acceptors (Lipinski definition) is 4. The Labute approximate surface area is 181 Å². The summed E-state index contributed by atoms with van der Waals surface area (Å²) in [5.74, 6) is 1.79. The zero-order chi connectivity index (χ0) is 20.5. The van der Waals surface area contributed by atoms with E-state index in [0.717, 1.165) is 52.8 Å². The van der Waals surface area contributed by atoms with Crippen LogP contribution < -0.4 is 9.47 Å². The molecule has 0 unspecified atom stereocenters. The summed E-state index contributed by atoms with van der Waals surface area (Å²) < 4.78 is 12.1. The normalized spacial score (nSPS) is 19.5. The smallest absolute Gasteiger partial charge is 0.213 e. The Bertz CT molecular complexity index is 1060. The number of rotatable bonds is 5. The molecule has 3 aromatic rings. The predicted molar refractivity (Wildman–Crippen MR) is 119 cm³/mol. The first-order valence-corrected chi connectivity index (χ1v) is 10.7. The second-order valence-corrected chi connectivity index (χ2v) is 8.02. The molecule has 0 fully saturated rings. The van der Waals surface area contributed by atoms with Crippen LogP contribution >= 0.6 is 11.6 Å². The molecule has 2 aliphatic rings. The minimum atomic E-state index is -0.282. The second-order valence-electron chi connectivity index (χ2n) is 7.58. The van der Waals surface area contributed by atoms with Gasteiger partial charge in [0.1, 0.15) is 11.5 Å². The zero-order valence-electron chi connectivity index (χ0n) is 16.8. The summed E-state index contributed by atoms with van der Waals surface area (Å²) in [4.78, 5) is 0. The van der Waals surface area contributed by atoms with Crippen LogP contribution in [0.2, 0.25) is 5.02 Å². The Morgan fingerprint density at radius 1 is 1.03 bits per heavy atom. The molecule has 0 amide bonds. The van der Waals surface area contributed by atoms with Crippen LogP contribution in [0.25, 0.3) is 0 Å². The molecule has 0 saturated heterocycles. The highest BCUT2D eigenvalue weighted by Gasteiger charge is 2.40. The summed E-state index contributed by atoms with van der Waals surface area (Å²) in [6.07, 6.45) is 1.54. The molecule has 0 spiro atoms. The van der Waals surface area contributed by atoms with Gasteiger partial charge in [-0.3, -0.25) is 0 Å². The van der Waals surface area contributed by atoms with Crippen molar-refractivity contribution in [1.82, 2.24) is 5.01 Å². The Balaban J connectivity index is 1.50. The Hall–Kier alpha value is -2.98. The van der Waals surface area contributed by atoms with Gasteiger partial charge in [0.25, 0.3) is 0 Å². The average Bonchev–Trinajstić information content (AvgIpc) is 3.24. The SMILES string of the molecule is CCCOc1ccc([C@@H]2Oc3ccccc3[C@@H]3CC(c4ccc(Cl)cc4)=NN32)cc1. The van der Waals surface area contributed by atoms with Crippen molar-refractivity contribution in [3.8, 4) is 11.5 Å². The van der Waals surface area contributed by atoms with Gasteiger partial charge in [0.15, 0.2) is 0 Å². The van der Waals surface area contributed by atoms with E-state index in [1.807, 2.05) is 48.5 Å². The van der Waals surface area contributed by atoms with Gasteiger partial charge in [0.2, 0.25) is 6.23 Å². The van der Waals surface area contributed by atoms with E-state index in [2.05, 4.69) is 36.2 Å². The summed E-state index contributed by atoms with van der Waals surface area (Å²) in [6.45, 7) is 2.82. The molecule has 5 heteroatoms. The minimum Gasteiger partial charge on any atom is -0.494 e. The van der Waals surface area contributed by atoms with Crippen molar-refractivity contribution in [3.63, 3.8) is 0 Å². The molecule has 2 atom stereocenters. The Morgan fingerprint density at radius 3 is 2.57 bits per heavy atom. The van der Waals surface area contributed by atoms with Gasteiger partial charge in [-0.25, -0.2) is 5.01 Å². The lowest BCUT2D eigenvalue weighted by Crippen LogP contribution is -2.33. The number of ether oxygens (including phenoxy) is 2. The van der Waals surface area contributed by atoms with Gasteiger partial charge in [0.05, 0.1) is 18.4 Å². The highest BCUT2D eigenvalue weighted by molar-refractivity contribution is 6.30. The fraction of sp³-hybridized carbons (Fsp3) is 0.240. The largest absolute Gasteiger partial charge is 0.494 e. The molecule has 4 nitrogen and oxygen atoms in total. The maximum absolute atomic E-state index is 6.41. The van der Waals surface area contributed by atoms with Crippen molar-refractivity contribution in [2.45, 2.75) is 32.0 Å². The third kappa shape index (κ3) is 3.52. The third-order valence-electron chi connectivity index (χ3n) is 5.51. The molecule has 0 bridgehead atoms. The Kier molecular flexibility index (Phi) is 5.09. The molecule has 0 radical (unpaired) electrons. The standard InChI is InChI=1S/C25H23ClN2O2/c1-2-15-29-20-13-9-18(10-14-20)25-28-23(21-5-3-4-6-24(21)30-25)16-22(27-28)17-7-11-19(26)12-8-17/h3-14,23,25H,2,15-16H2,1H3/t23-,25-/m0/s1. The summed E-state index contributed by atoms with van der Waals surface area (Å²) in [5, 5.41) is 7.81. The molecule has 0 N–H and O–H groups in total. The van der Waals surface area contributed by atoms with Crippen molar-refractivity contribution in [3.05, 3.63) is 94.5 Å². The lowest BCUT2D eigenvalue weighted by Gasteiger charge is -2.38. The van der Waals surface area contributed by atoms with Crippen LogP contribution in [0.1, 0.15) is 48.7 Å². The molecular formula is C25H23ClN2O2. The molecule has 5 rings (SSSR count). The molecule has 30 heavy (non-hydrogen) atoms. The molecule has 0 saturated carbocycles. The summed E-state index contributed by atoms with van der Waals surface area (Å²) >= 11 is 6.07. The van der Waals surface area contributed by atoms with Crippen molar-refractivity contribution in [2.75, 3.05) is 6.61 Å². The zero-order valence-corrected chi connectivity index (χ0v) is 17.5. The molecule has 2 heterocycles. The number of benzene rings is 3. The number of para-hydroxylation sites is 1. The molecule has 0 aliphatic carbocycles. The monoisotopic (exact) mass is 418 g/mol. The number of hydrogen-bond donors (Lipinski definition) is 0. The van der Waals surface area contributed by atoms with Crippen LogP contribution in [-0.4, -0.2) is 17.3 Å². The molecule has 3 aromatic carbocycles. The summed E-state index contributed by atoms with van der Waals surface area (Å²) in [7, 11) is 0. The van der Waals surface area contributed by atoms with Gasteiger partial charge in [-0.15, -0.1) is 0 Å². The number of hydrazone groups is 1. The molecule has 0 aromatic heterocycles. The quantitative estimate of drug-likeness (QED) is 0.482. The lowest BCUT2D eigenvalue weighted by molar-refractivity contribution is -0.0190. The molecule has 2 aliphatic heterocycles. The Morgan fingerprint density at radius 2 is 1.80 bits per heavy atom. The van der Waals surface area contributed by atoms with Crippen LogP contribution in [0.4, 0.5) is 0 Å². The van der Waals surface area contributed by atoms with Gasteiger partial charge in [-0.05, 0) is 54.4 Å². The second kappa shape index (κ2) is 8.04. The van der Waals surface area contributed by atoms with E-state index in [4.69, 9.17) is 26.2 Å². The first-order valence-electron chi connectivity index (χ1n) is 10.3. The maximum atomic E-state index is 6.41. The fourth-order valence-electron chi connectivity index (χ4n) is 4.02. The first-order chi connectivity index (χ1) is 14.7. The number of halogens is 1. The van der Waals surface area contributed by atoms with Crippen LogP contribution in [0.3, 0.4) is 0 Å². The van der Waals surface area contributed by atoms with Gasteiger partial charge in [-0.1, -0.05) is 48.9 Å². The highest BCUT2D eigenvalue weighted by Crippen LogP contribution is 2.47. The molecule has 152 valence electrons. The number of nitrogens with zero attached hydrogens (tertiary/aromatic N) is 2. The van der Waals surface area contributed by atoms with E-state index in [-0.39, 0.29) is 12.3 Å². The van der Waals surface area contributed by atoms with Crippen molar-refractivity contribution < 1.29 is 9.47 Å². The van der Waals surface area contributed by atoms with Gasteiger partial charge in [-0.2, -0.15) is 5.10 Å². The average molecular weight is 419 g/mol. The van der Waals surface area contributed by atoms with E-state index in [9.17, 15) is 0 Å². The van der Waals surface area contributed by atoms with Gasteiger partial charge < -0.3 is 9.47 Å². The highest BCUT2D eigenvalue weighted by atomic mass is 35.5. The van der Waals surface area contributed by atoms with E-state index >= 15 is 0 Å². The van der Waals surface area contributed by atoms with Crippen LogP contribution in [0.5, 0.6) is 11.5 Å².